The van der Waals surface area contributed by atoms with Crippen LogP contribution in [0.15, 0.2) is 65.7 Å². The summed E-state index contributed by atoms with van der Waals surface area (Å²) in [4.78, 5) is 38.2. The first-order valence-corrected chi connectivity index (χ1v) is 18.3. The van der Waals surface area contributed by atoms with Gasteiger partial charge in [-0.2, -0.15) is 0 Å². The molecule has 0 saturated heterocycles. The van der Waals surface area contributed by atoms with Crippen LogP contribution in [0.3, 0.4) is 0 Å². The minimum Gasteiger partial charge on any atom is -0.478 e. The molecule has 258 valence electrons. The lowest BCUT2D eigenvalue weighted by molar-refractivity contribution is -0.198. The van der Waals surface area contributed by atoms with Crippen LogP contribution in [0.5, 0.6) is 0 Å². The molecular formula is C42H54O6. The third kappa shape index (κ3) is 5.86. The molecule has 0 heterocycles. The van der Waals surface area contributed by atoms with Crippen LogP contribution in [0, 0.1) is 39.9 Å². The molecule has 2 N–H and O–H groups in total. The average Bonchev–Trinajstić information content (AvgIpc) is 3.34. The number of aliphatic hydroxyl groups excluding tert-OH is 1. The van der Waals surface area contributed by atoms with Gasteiger partial charge in [-0.25, -0.2) is 4.79 Å². The van der Waals surface area contributed by atoms with E-state index < -0.39 is 12.1 Å². The molecule has 2 aromatic carbocycles. The number of rotatable bonds is 9. The third-order valence-electron chi connectivity index (χ3n) is 14.1. The Balaban J connectivity index is 1.20. The zero-order valence-corrected chi connectivity index (χ0v) is 29.5. The Kier molecular flexibility index (Phi) is 9.54. The Bertz CT molecular complexity index is 1560. The number of esters is 1. The zero-order valence-electron chi connectivity index (χ0n) is 29.5. The maximum Gasteiger partial charge on any atom is 0.331 e. The van der Waals surface area contributed by atoms with Gasteiger partial charge in [0.05, 0.1) is 6.10 Å². The van der Waals surface area contributed by atoms with Gasteiger partial charge in [0.25, 0.3) is 0 Å². The summed E-state index contributed by atoms with van der Waals surface area (Å²) in [6.07, 6.45) is 8.67. The van der Waals surface area contributed by atoms with Crippen LogP contribution in [0.4, 0.5) is 0 Å². The van der Waals surface area contributed by atoms with Gasteiger partial charge in [0.1, 0.15) is 6.10 Å². The van der Waals surface area contributed by atoms with Crippen molar-refractivity contribution in [1.82, 2.24) is 0 Å². The lowest BCUT2D eigenvalue weighted by Gasteiger charge is -2.68. The molecule has 4 aliphatic carbocycles. The molecule has 4 fully saturated rings. The lowest BCUT2D eigenvalue weighted by atomic mass is 9.37. The van der Waals surface area contributed by atoms with Crippen molar-refractivity contribution in [3.05, 3.63) is 82.4 Å². The van der Waals surface area contributed by atoms with Crippen molar-refractivity contribution >= 4 is 17.7 Å². The molecule has 0 bridgehead atoms. The van der Waals surface area contributed by atoms with Gasteiger partial charge in [-0.1, -0.05) is 82.3 Å². The molecule has 6 rings (SSSR count). The van der Waals surface area contributed by atoms with E-state index in [4.69, 9.17) is 4.74 Å². The molecule has 0 aliphatic heterocycles. The maximum absolute atomic E-state index is 13.0. The molecule has 6 nitrogen and oxygen atoms in total. The summed E-state index contributed by atoms with van der Waals surface area (Å²) in [5.41, 5.74) is 3.70. The molecule has 0 spiro atoms. The summed E-state index contributed by atoms with van der Waals surface area (Å²) in [6.45, 7) is 11.0. The van der Waals surface area contributed by atoms with E-state index in [0.29, 0.717) is 53.7 Å². The Morgan fingerprint density at radius 1 is 0.854 bits per heavy atom. The van der Waals surface area contributed by atoms with Gasteiger partial charge in [-0.15, -0.1) is 0 Å². The van der Waals surface area contributed by atoms with Gasteiger partial charge in [0, 0.05) is 23.6 Å². The molecule has 2 aromatic rings. The molecule has 0 amide bonds. The fraction of sp³-hybridized carbons (Fsp3) is 0.595. The Hall–Kier alpha value is -3.25. The first kappa shape index (κ1) is 34.6. The number of aliphatic hydroxyl groups is 1. The molecule has 4 saturated carbocycles. The van der Waals surface area contributed by atoms with Gasteiger partial charge < -0.3 is 14.9 Å². The van der Waals surface area contributed by atoms with Crippen LogP contribution in [0.25, 0.3) is 0 Å². The number of hydrogen-bond donors (Lipinski definition) is 2. The summed E-state index contributed by atoms with van der Waals surface area (Å²) in [7, 11) is 0. The number of carbonyl (C=O) groups excluding carboxylic acids is 2. The molecule has 3 unspecified atom stereocenters. The van der Waals surface area contributed by atoms with E-state index in [1.54, 1.807) is 0 Å². The molecular weight excluding hydrogens is 600 g/mol. The fourth-order valence-electron chi connectivity index (χ4n) is 11.4. The van der Waals surface area contributed by atoms with E-state index in [1.807, 2.05) is 54.6 Å². The van der Waals surface area contributed by atoms with E-state index in [-0.39, 0.29) is 40.0 Å². The minimum atomic E-state index is -0.895. The van der Waals surface area contributed by atoms with E-state index in [0.717, 1.165) is 62.5 Å². The monoisotopic (exact) mass is 654 g/mol. The first-order valence-electron chi connectivity index (χ1n) is 18.3. The second kappa shape index (κ2) is 13.2. The second-order valence-electron chi connectivity index (χ2n) is 16.3. The summed E-state index contributed by atoms with van der Waals surface area (Å²) in [6, 6.07) is 17.0. The van der Waals surface area contributed by atoms with Crippen LogP contribution in [0.2, 0.25) is 0 Å². The standard InChI is InChI=1S/C42H54O6/c1-26-32-21-24-41(4)36(40(32,3)23-22-34(26)44)20-19-33-37(35(48-27(2)43)25-42(33,41)5)31(39(46)47)14-10-9-11-28-15-17-30(18-16-28)38(45)29-12-7-6-8-13-29/h6-8,12-13,15-18,26,32-36,44H,9-11,14,19-25H2,1-5H3,(H,46,47)/b37-31-/t26-,32?,33?,34+,35-,36?,40-,41-,42-/m0/s1. The van der Waals surface area contributed by atoms with Gasteiger partial charge in [-0.3, -0.25) is 9.59 Å². The Morgan fingerprint density at radius 2 is 1.54 bits per heavy atom. The van der Waals surface area contributed by atoms with Gasteiger partial charge in [-0.05, 0) is 122 Å². The van der Waals surface area contributed by atoms with Crippen molar-refractivity contribution in [2.24, 2.45) is 39.9 Å². The lowest BCUT2D eigenvalue weighted by Crippen LogP contribution is -2.61. The highest BCUT2D eigenvalue weighted by Crippen LogP contribution is 2.74. The van der Waals surface area contributed by atoms with Crippen LogP contribution in [-0.4, -0.2) is 40.1 Å². The number of aliphatic carboxylic acids is 1. The van der Waals surface area contributed by atoms with Crippen LogP contribution < -0.4 is 0 Å². The highest BCUT2D eigenvalue weighted by Gasteiger charge is 2.68. The summed E-state index contributed by atoms with van der Waals surface area (Å²) >= 11 is 0. The number of ether oxygens (including phenoxy) is 1. The van der Waals surface area contributed by atoms with Crippen LogP contribution >= 0.6 is 0 Å². The van der Waals surface area contributed by atoms with Crippen molar-refractivity contribution in [2.45, 2.75) is 117 Å². The van der Waals surface area contributed by atoms with E-state index in [9.17, 15) is 24.6 Å². The number of carboxylic acids is 1. The smallest absolute Gasteiger partial charge is 0.331 e. The average molecular weight is 655 g/mol. The normalized spacial score (nSPS) is 36.7. The quantitative estimate of drug-likeness (QED) is 0.122. The highest BCUT2D eigenvalue weighted by atomic mass is 16.5. The van der Waals surface area contributed by atoms with Gasteiger partial charge in [0.2, 0.25) is 0 Å². The number of aryl methyl sites for hydroxylation is 1. The Labute approximate surface area is 286 Å². The summed E-state index contributed by atoms with van der Waals surface area (Å²) in [5, 5.41) is 21.4. The van der Waals surface area contributed by atoms with Gasteiger partial charge >= 0.3 is 11.9 Å². The number of hydrogen-bond acceptors (Lipinski definition) is 5. The largest absolute Gasteiger partial charge is 0.478 e. The number of carbonyl (C=O) groups is 3. The van der Waals surface area contributed by atoms with E-state index >= 15 is 0 Å². The molecule has 6 heteroatoms. The number of ketones is 1. The highest BCUT2D eigenvalue weighted by molar-refractivity contribution is 6.08. The number of benzene rings is 2. The van der Waals surface area contributed by atoms with Crippen molar-refractivity contribution < 1.29 is 29.3 Å². The Morgan fingerprint density at radius 3 is 2.21 bits per heavy atom. The third-order valence-corrected chi connectivity index (χ3v) is 14.1. The molecule has 0 radical (unpaired) electrons. The molecule has 0 aromatic heterocycles. The number of unbranched alkanes of at least 4 members (excludes halogenated alkanes) is 1. The number of carboxylic acid groups (broad SMARTS) is 1. The topological polar surface area (TPSA) is 101 Å². The summed E-state index contributed by atoms with van der Waals surface area (Å²) < 4.78 is 6.02. The predicted molar refractivity (Wildman–Crippen MR) is 186 cm³/mol. The van der Waals surface area contributed by atoms with Crippen molar-refractivity contribution in [1.29, 1.82) is 0 Å². The molecule has 4 aliphatic rings. The maximum atomic E-state index is 13.0. The predicted octanol–water partition coefficient (Wildman–Crippen LogP) is 8.59. The van der Waals surface area contributed by atoms with Crippen LogP contribution in [0.1, 0.15) is 120 Å². The minimum absolute atomic E-state index is 0.00270. The van der Waals surface area contributed by atoms with Crippen molar-refractivity contribution in [3.63, 3.8) is 0 Å². The van der Waals surface area contributed by atoms with E-state index in [2.05, 4.69) is 27.7 Å². The molecule has 48 heavy (non-hydrogen) atoms. The second-order valence-corrected chi connectivity index (χ2v) is 16.3. The van der Waals surface area contributed by atoms with Crippen LogP contribution in [-0.2, 0) is 20.7 Å². The first-order chi connectivity index (χ1) is 22.8. The number of fused-ring (bicyclic) bond motifs is 5. The summed E-state index contributed by atoms with van der Waals surface area (Å²) in [5.74, 6) is 0.0909. The SMILES string of the molecule is CC(=O)O[C@H]1C[C@@]2(C)C(CCC3[C@@]4(C)CC[C@@H](O)[C@@H](C)C4CC[C@@]32C)/C1=C(\CCCCc1ccc(C(=O)c2ccccc2)cc1)C(=O)O. The van der Waals surface area contributed by atoms with E-state index in [1.165, 1.54) is 6.92 Å². The van der Waals surface area contributed by atoms with Crippen molar-refractivity contribution in [2.75, 3.05) is 0 Å². The molecule has 9 atom stereocenters. The fourth-order valence-corrected chi connectivity index (χ4v) is 11.4. The van der Waals surface area contributed by atoms with Gasteiger partial charge in [0.15, 0.2) is 5.78 Å². The zero-order chi connectivity index (χ0) is 34.4. The van der Waals surface area contributed by atoms with Crippen molar-refractivity contribution in [3.8, 4) is 0 Å².